The number of rotatable bonds is 4. The summed E-state index contributed by atoms with van der Waals surface area (Å²) in [7, 11) is 0. The minimum atomic E-state index is -4.56. The zero-order chi connectivity index (χ0) is 22.1. The van der Waals surface area contributed by atoms with Gasteiger partial charge in [0.15, 0.2) is 0 Å². The van der Waals surface area contributed by atoms with E-state index in [1.807, 2.05) is 36.4 Å². The predicted octanol–water partition coefficient (Wildman–Crippen LogP) is 6.43. The van der Waals surface area contributed by atoms with Crippen molar-refractivity contribution in [1.29, 1.82) is 0 Å². The normalized spacial score (nSPS) is 17.1. The lowest BCUT2D eigenvalue weighted by atomic mass is 9.82. The Morgan fingerprint density at radius 1 is 0.839 bits per heavy atom. The molecule has 1 aliphatic rings. The average molecular weight is 446 g/mol. The first-order valence-electron chi connectivity index (χ1n) is 10.2. The fourth-order valence-electron chi connectivity index (χ4n) is 4.36. The average Bonchev–Trinajstić information content (AvgIpc) is 2.76. The SMILES string of the molecule is OC1(c2ccc(Cl)c(C(F)(F)F)c2)CCN(C(c2ccccc2)c2ccccc2)CC1. The van der Waals surface area contributed by atoms with Crippen LogP contribution in [0.1, 0.15) is 41.1 Å². The largest absolute Gasteiger partial charge is 0.417 e. The van der Waals surface area contributed by atoms with Crippen molar-refractivity contribution < 1.29 is 18.3 Å². The van der Waals surface area contributed by atoms with Crippen LogP contribution in [0.4, 0.5) is 13.2 Å². The molecule has 0 radical (unpaired) electrons. The summed E-state index contributed by atoms with van der Waals surface area (Å²) in [6.07, 6.45) is -3.89. The van der Waals surface area contributed by atoms with Gasteiger partial charge < -0.3 is 5.11 Å². The topological polar surface area (TPSA) is 23.5 Å². The summed E-state index contributed by atoms with van der Waals surface area (Å²) in [6, 6.07) is 24.0. The Kier molecular flexibility index (Phi) is 6.11. The first-order valence-corrected chi connectivity index (χ1v) is 10.6. The third-order valence-corrected chi connectivity index (χ3v) is 6.36. The lowest BCUT2D eigenvalue weighted by molar-refractivity contribution is -0.137. The Balaban J connectivity index is 1.59. The van der Waals surface area contributed by atoms with Gasteiger partial charge in [0.05, 0.1) is 22.2 Å². The lowest BCUT2D eigenvalue weighted by Gasteiger charge is -2.42. The summed E-state index contributed by atoms with van der Waals surface area (Å²) in [5, 5.41) is 10.9. The molecule has 3 aromatic rings. The number of aliphatic hydroxyl groups is 1. The second-order valence-electron chi connectivity index (χ2n) is 7.98. The molecule has 0 unspecified atom stereocenters. The first kappa shape index (κ1) is 21.9. The van der Waals surface area contributed by atoms with Gasteiger partial charge in [-0.05, 0) is 41.7 Å². The highest BCUT2D eigenvalue weighted by Gasteiger charge is 2.39. The van der Waals surface area contributed by atoms with Crippen LogP contribution in [0.2, 0.25) is 5.02 Å². The van der Waals surface area contributed by atoms with Crippen molar-refractivity contribution in [3.05, 3.63) is 106 Å². The van der Waals surface area contributed by atoms with Crippen LogP contribution < -0.4 is 0 Å². The fourth-order valence-corrected chi connectivity index (χ4v) is 4.58. The molecule has 0 spiro atoms. The molecule has 0 atom stereocenters. The van der Waals surface area contributed by atoms with Crippen LogP contribution in [0.25, 0.3) is 0 Å². The van der Waals surface area contributed by atoms with Gasteiger partial charge in [0.25, 0.3) is 0 Å². The third-order valence-electron chi connectivity index (χ3n) is 6.03. The van der Waals surface area contributed by atoms with Crippen molar-refractivity contribution in [2.75, 3.05) is 13.1 Å². The number of likely N-dealkylation sites (tertiary alicyclic amines) is 1. The lowest BCUT2D eigenvalue weighted by Crippen LogP contribution is -2.44. The number of hydrogen-bond acceptors (Lipinski definition) is 2. The van der Waals surface area contributed by atoms with Gasteiger partial charge in [-0.1, -0.05) is 78.3 Å². The second-order valence-corrected chi connectivity index (χ2v) is 8.39. The van der Waals surface area contributed by atoms with Gasteiger partial charge in [-0.3, -0.25) is 4.90 Å². The van der Waals surface area contributed by atoms with Crippen LogP contribution in [0.3, 0.4) is 0 Å². The van der Waals surface area contributed by atoms with E-state index < -0.39 is 17.3 Å². The molecule has 0 amide bonds. The van der Waals surface area contributed by atoms with E-state index in [1.165, 1.54) is 12.1 Å². The monoisotopic (exact) mass is 445 g/mol. The number of piperidine rings is 1. The number of benzene rings is 3. The molecule has 162 valence electrons. The van der Waals surface area contributed by atoms with Gasteiger partial charge in [-0.2, -0.15) is 13.2 Å². The summed E-state index contributed by atoms with van der Waals surface area (Å²) < 4.78 is 39.9. The Hall–Kier alpha value is -2.34. The third kappa shape index (κ3) is 4.64. The molecule has 1 saturated heterocycles. The van der Waals surface area contributed by atoms with Gasteiger partial charge in [0, 0.05) is 13.1 Å². The molecule has 0 saturated carbocycles. The van der Waals surface area contributed by atoms with Crippen LogP contribution in [-0.4, -0.2) is 23.1 Å². The maximum Gasteiger partial charge on any atom is 0.417 e. The first-order chi connectivity index (χ1) is 14.8. The fraction of sp³-hybridized carbons (Fsp3) is 0.280. The van der Waals surface area contributed by atoms with E-state index in [-0.39, 0.29) is 16.6 Å². The summed E-state index contributed by atoms with van der Waals surface area (Å²) in [5.74, 6) is 0. The summed E-state index contributed by atoms with van der Waals surface area (Å²) in [6.45, 7) is 1.10. The summed E-state index contributed by atoms with van der Waals surface area (Å²) in [5.41, 5.74) is 0.322. The van der Waals surface area contributed by atoms with Gasteiger partial charge in [0.1, 0.15) is 0 Å². The Morgan fingerprint density at radius 3 is 1.84 bits per heavy atom. The summed E-state index contributed by atoms with van der Waals surface area (Å²) >= 11 is 5.76. The van der Waals surface area contributed by atoms with E-state index in [1.54, 1.807) is 0 Å². The molecule has 1 aliphatic heterocycles. The van der Waals surface area contributed by atoms with Crippen molar-refractivity contribution in [1.82, 2.24) is 4.90 Å². The molecular weight excluding hydrogens is 423 g/mol. The highest BCUT2D eigenvalue weighted by molar-refractivity contribution is 6.31. The second kappa shape index (κ2) is 8.65. The molecule has 3 aromatic carbocycles. The van der Waals surface area contributed by atoms with E-state index in [0.29, 0.717) is 25.9 Å². The van der Waals surface area contributed by atoms with Crippen molar-refractivity contribution in [2.45, 2.75) is 30.7 Å². The van der Waals surface area contributed by atoms with Crippen LogP contribution in [-0.2, 0) is 11.8 Å². The van der Waals surface area contributed by atoms with E-state index in [9.17, 15) is 18.3 Å². The zero-order valence-corrected chi connectivity index (χ0v) is 17.6. The minimum absolute atomic E-state index is 0.0166. The molecule has 31 heavy (non-hydrogen) atoms. The molecule has 0 aromatic heterocycles. The minimum Gasteiger partial charge on any atom is -0.385 e. The van der Waals surface area contributed by atoms with E-state index in [4.69, 9.17) is 11.6 Å². The van der Waals surface area contributed by atoms with Crippen LogP contribution >= 0.6 is 11.6 Å². The molecule has 2 nitrogen and oxygen atoms in total. The van der Waals surface area contributed by atoms with Crippen LogP contribution in [0.15, 0.2) is 78.9 Å². The van der Waals surface area contributed by atoms with Crippen LogP contribution in [0.5, 0.6) is 0 Å². The van der Waals surface area contributed by atoms with E-state index in [0.717, 1.165) is 17.2 Å². The molecule has 0 aliphatic carbocycles. The van der Waals surface area contributed by atoms with Crippen molar-refractivity contribution >= 4 is 11.6 Å². The van der Waals surface area contributed by atoms with Crippen molar-refractivity contribution in [3.63, 3.8) is 0 Å². The maximum absolute atomic E-state index is 13.3. The molecular formula is C25H23ClF3NO. The number of alkyl halides is 3. The van der Waals surface area contributed by atoms with Gasteiger partial charge in [-0.15, -0.1) is 0 Å². The molecule has 1 fully saturated rings. The number of nitrogens with zero attached hydrogens (tertiary/aromatic N) is 1. The van der Waals surface area contributed by atoms with Gasteiger partial charge in [-0.25, -0.2) is 0 Å². The smallest absolute Gasteiger partial charge is 0.385 e. The van der Waals surface area contributed by atoms with Crippen molar-refractivity contribution in [2.24, 2.45) is 0 Å². The highest BCUT2D eigenvalue weighted by Crippen LogP contribution is 2.41. The van der Waals surface area contributed by atoms with Crippen LogP contribution in [0, 0.1) is 0 Å². The number of hydrogen-bond donors (Lipinski definition) is 1. The predicted molar refractivity (Wildman–Crippen MR) is 116 cm³/mol. The number of halogens is 4. The van der Waals surface area contributed by atoms with E-state index in [2.05, 4.69) is 29.2 Å². The molecule has 0 bridgehead atoms. The molecule has 6 heteroatoms. The molecule has 1 N–H and O–H groups in total. The Labute approximate surface area is 184 Å². The summed E-state index contributed by atoms with van der Waals surface area (Å²) in [4.78, 5) is 2.28. The van der Waals surface area contributed by atoms with Gasteiger partial charge in [0.2, 0.25) is 0 Å². The Bertz CT molecular complexity index is 976. The maximum atomic E-state index is 13.3. The van der Waals surface area contributed by atoms with Gasteiger partial charge >= 0.3 is 6.18 Å². The van der Waals surface area contributed by atoms with E-state index >= 15 is 0 Å². The highest BCUT2D eigenvalue weighted by atomic mass is 35.5. The van der Waals surface area contributed by atoms with Crippen molar-refractivity contribution in [3.8, 4) is 0 Å². The standard InChI is InChI=1S/C25H23ClF3NO/c26-22-12-11-20(17-21(22)25(27,28)29)24(31)13-15-30(16-14-24)23(18-7-3-1-4-8-18)19-9-5-2-6-10-19/h1-12,17,23,31H,13-16H2. The Morgan fingerprint density at radius 2 is 1.35 bits per heavy atom. The zero-order valence-electron chi connectivity index (χ0n) is 16.8. The molecule has 4 rings (SSSR count). The molecule has 1 heterocycles. The quantitative estimate of drug-likeness (QED) is 0.500.